The van der Waals surface area contributed by atoms with Gasteiger partial charge in [0.25, 0.3) is 0 Å². The van der Waals surface area contributed by atoms with Crippen molar-refractivity contribution in [2.45, 2.75) is 25.8 Å². The van der Waals surface area contributed by atoms with E-state index in [0.717, 1.165) is 17.9 Å². The van der Waals surface area contributed by atoms with Crippen LogP contribution in [0.1, 0.15) is 24.8 Å². The van der Waals surface area contributed by atoms with Crippen LogP contribution >= 0.6 is 23.2 Å². The molecular formula is C13H17Cl2NO. The van der Waals surface area contributed by atoms with Crippen LogP contribution in [0.5, 0.6) is 5.75 Å². The molecule has 1 saturated carbocycles. The molecule has 1 aromatic carbocycles. The molecule has 94 valence electrons. The number of ether oxygens (including phenoxy) is 1. The Labute approximate surface area is 112 Å². The Morgan fingerprint density at radius 1 is 1.35 bits per heavy atom. The van der Waals surface area contributed by atoms with Gasteiger partial charge in [0, 0.05) is 17.1 Å². The van der Waals surface area contributed by atoms with E-state index in [-0.39, 0.29) is 0 Å². The van der Waals surface area contributed by atoms with E-state index in [1.165, 1.54) is 19.3 Å². The molecule has 0 aliphatic heterocycles. The number of hydrogen-bond acceptors (Lipinski definition) is 2. The fourth-order valence-corrected chi connectivity index (χ4v) is 2.55. The Kier molecular flexibility index (Phi) is 4.55. The molecular weight excluding hydrogens is 257 g/mol. The van der Waals surface area contributed by atoms with E-state index >= 15 is 0 Å². The fraction of sp³-hybridized carbons (Fsp3) is 0.538. The molecule has 1 fully saturated rings. The number of nitrogens with one attached hydrogen (secondary N) is 1. The maximum absolute atomic E-state index is 6.18. The summed E-state index contributed by atoms with van der Waals surface area (Å²) in [5.41, 5.74) is 1.02. The van der Waals surface area contributed by atoms with Crippen LogP contribution in [0, 0.1) is 5.92 Å². The van der Waals surface area contributed by atoms with Gasteiger partial charge in [0.05, 0.1) is 11.6 Å². The molecule has 2 rings (SSSR count). The molecule has 0 unspecified atom stereocenters. The summed E-state index contributed by atoms with van der Waals surface area (Å²) in [4.78, 5) is 0. The maximum atomic E-state index is 6.18. The first-order valence-electron chi connectivity index (χ1n) is 5.96. The Balaban J connectivity index is 2.11. The summed E-state index contributed by atoms with van der Waals surface area (Å²) in [6.45, 7) is 1.47. The predicted molar refractivity (Wildman–Crippen MR) is 72.1 cm³/mol. The van der Waals surface area contributed by atoms with Gasteiger partial charge < -0.3 is 10.1 Å². The Morgan fingerprint density at radius 2 is 2.12 bits per heavy atom. The van der Waals surface area contributed by atoms with Gasteiger partial charge >= 0.3 is 0 Å². The molecule has 0 atom stereocenters. The minimum Gasteiger partial charge on any atom is -0.491 e. The predicted octanol–water partition coefficient (Wildman–Crippen LogP) is 3.89. The minimum atomic E-state index is 0.599. The van der Waals surface area contributed by atoms with Crippen LogP contribution in [0.3, 0.4) is 0 Å². The molecule has 0 aromatic heterocycles. The monoisotopic (exact) mass is 273 g/mol. The van der Waals surface area contributed by atoms with Gasteiger partial charge in [-0.15, -0.1) is 0 Å². The van der Waals surface area contributed by atoms with Gasteiger partial charge in [-0.05, 0) is 37.9 Å². The molecule has 1 aliphatic rings. The van der Waals surface area contributed by atoms with Crippen molar-refractivity contribution in [1.29, 1.82) is 0 Å². The molecule has 2 nitrogen and oxygen atoms in total. The second kappa shape index (κ2) is 5.94. The van der Waals surface area contributed by atoms with E-state index in [1.54, 1.807) is 6.07 Å². The van der Waals surface area contributed by atoms with Crippen molar-refractivity contribution in [3.63, 3.8) is 0 Å². The van der Waals surface area contributed by atoms with Crippen molar-refractivity contribution >= 4 is 23.2 Å². The van der Waals surface area contributed by atoms with Gasteiger partial charge in [-0.1, -0.05) is 29.6 Å². The largest absolute Gasteiger partial charge is 0.491 e. The van der Waals surface area contributed by atoms with E-state index in [9.17, 15) is 0 Å². The minimum absolute atomic E-state index is 0.599. The first-order valence-corrected chi connectivity index (χ1v) is 6.71. The molecule has 0 spiro atoms. The number of hydrogen-bond donors (Lipinski definition) is 1. The summed E-state index contributed by atoms with van der Waals surface area (Å²) in [6.07, 6.45) is 3.87. The summed E-state index contributed by atoms with van der Waals surface area (Å²) in [5.74, 6) is 1.47. The lowest BCUT2D eigenvalue weighted by Crippen LogP contribution is -2.20. The average Bonchev–Trinajstić information content (AvgIpc) is 2.19. The van der Waals surface area contributed by atoms with Crippen LogP contribution in [0.15, 0.2) is 12.1 Å². The summed E-state index contributed by atoms with van der Waals surface area (Å²) in [6, 6.07) is 3.64. The van der Waals surface area contributed by atoms with Gasteiger partial charge in [-0.2, -0.15) is 0 Å². The van der Waals surface area contributed by atoms with Crippen LogP contribution in [0.2, 0.25) is 10.0 Å². The van der Waals surface area contributed by atoms with E-state index in [4.69, 9.17) is 27.9 Å². The zero-order valence-electron chi connectivity index (χ0n) is 9.93. The third-order valence-corrected chi connectivity index (χ3v) is 3.64. The van der Waals surface area contributed by atoms with Crippen LogP contribution in [-0.4, -0.2) is 13.7 Å². The highest BCUT2D eigenvalue weighted by Crippen LogP contribution is 2.34. The SMILES string of the molecule is CNCc1cc(Cl)cc(Cl)c1OCC1CCC1. The Morgan fingerprint density at radius 3 is 2.71 bits per heavy atom. The van der Waals surface area contributed by atoms with E-state index in [1.807, 2.05) is 13.1 Å². The highest BCUT2D eigenvalue weighted by molar-refractivity contribution is 6.35. The average molecular weight is 274 g/mol. The molecule has 0 amide bonds. The molecule has 17 heavy (non-hydrogen) atoms. The van der Waals surface area contributed by atoms with Crippen LogP contribution < -0.4 is 10.1 Å². The van der Waals surface area contributed by atoms with Crippen molar-refractivity contribution < 1.29 is 4.74 Å². The maximum Gasteiger partial charge on any atom is 0.142 e. The zero-order chi connectivity index (χ0) is 12.3. The second-order valence-corrected chi connectivity index (χ2v) is 5.36. The third-order valence-electron chi connectivity index (χ3n) is 3.14. The lowest BCUT2D eigenvalue weighted by molar-refractivity contribution is 0.179. The second-order valence-electron chi connectivity index (χ2n) is 4.51. The molecule has 1 aromatic rings. The molecule has 1 aliphatic carbocycles. The standard InChI is InChI=1S/C13H17Cl2NO/c1-16-7-10-5-11(14)6-12(15)13(10)17-8-9-3-2-4-9/h5-6,9,16H,2-4,7-8H2,1H3. The Hall–Kier alpha value is -0.440. The molecule has 0 saturated heterocycles. The van der Waals surface area contributed by atoms with Gasteiger partial charge in [-0.25, -0.2) is 0 Å². The van der Waals surface area contributed by atoms with Crippen LogP contribution in [-0.2, 0) is 6.54 Å². The molecule has 0 heterocycles. The van der Waals surface area contributed by atoms with Crippen molar-refractivity contribution in [1.82, 2.24) is 5.32 Å². The third kappa shape index (κ3) is 3.27. The number of benzene rings is 1. The Bertz CT molecular complexity index is 391. The molecule has 4 heteroatoms. The van der Waals surface area contributed by atoms with Crippen molar-refractivity contribution in [3.05, 3.63) is 27.7 Å². The van der Waals surface area contributed by atoms with Gasteiger partial charge in [0.2, 0.25) is 0 Å². The normalized spacial score (nSPS) is 15.7. The summed E-state index contributed by atoms with van der Waals surface area (Å²) in [7, 11) is 1.89. The summed E-state index contributed by atoms with van der Waals surface area (Å²) < 4.78 is 5.85. The number of rotatable bonds is 5. The first kappa shape index (κ1) is 13.0. The first-order chi connectivity index (χ1) is 8.20. The fourth-order valence-electron chi connectivity index (χ4n) is 1.96. The van der Waals surface area contributed by atoms with Crippen LogP contribution in [0.25, 0.3) is 0 Å². The van der Waals surface area contributed by atoms with E-state index < -0.39 is 0 Å². The zero-order valence-corrected chi connectivity index (χ0v) is 11.4. The highest BCUT2D eigenvalue weighted by Gasteiger charge is 2.19. The smallest absolute Gasteiger partial charge is 0.142 e. The summed E-state index contributed by atoms with van der Waals surface area (Å²) >= 11 is 12.2. The van der Waals surface area contributed by atoms with Crippen LogP contribution in [0.4, 0.5) is 0 Å². The molecule has 1 N–H and O–H groups in total. The summed E-state index contributed by atoms with van der Waals surface area (Å²) in [5, 5.41) is 4.35. The molecule has 0 radical (unpaired) electrons. The van der Waals surface area contributed by atoms with Gasteiger partial charge in [0.15, 0.2) is 0 Å². The van der Waals surface area contributed by atoms with Gasteiger partial charge in [0.1, 0.15) is 5.75 Å². The van der Waals surface area contributed by atoms with Gasteiger partial charge in [-0.3, -0.25) is 0 Å². The molecule has 0 bridgehead atoms. The van der Waals surface area contributed by atoms with E-state index in [2.05, 4.69) is 5.32 Å². The number of halogens is 2. The topological polar surface area (TPSA) is 21.3 Å². The van der Waals surface area contributed by atoms with E-state index in [0.29, 0.717) is 22.5 Å². The van der Waals surface area contributed by atoms with Crippen molar-refractivity contribution in [2.24, 2.45) is 5.92 Å². The highest BCUT2D eigenvalue weighted by atomic mass is 35.5. The van der Waals surface area contributed by atoms with Crippen molar-refractivity contribution in [2.75, 3.05) is 13.7 Å². The van der Waals surface area contributed by atoms with Crippen molar-refractivity contribution in [3.8, 4) is 5.75 Å². The lowest BCUT2D eigenvalue weighted by Gasteiger charge is -2.26. The lowest BCUT2D eigenvalue weighted by atomic mass is 9.86. The quantitative estimate of drug-likeness (QED) is 0.879.